The van der Waals surface area contributed by atoms with E-state index in [1.165, 1.54) is 12.4 Å². The topological polar surface area (TPSA) is 62.3 Å². The summed E-state index contributed by atoms with van der Waals surface area (Å²) in [5.74, 6) is 0.195. The molecule has 1 aromatic carbocycles. The Morgan fingerprint density at radius 1 is 1.16 bits per heavy atom. The van der Waals surface area contributed by atoms with Crippen LogP contribution in [0.5, 0.6) is 0 Å². The van der Waals surface area contributed by atoms with Gasteiger partial charge in [0.05, 0.1) is 11.1 Å². The number of piperidine rings is 1. The lowest BCUT2D eigenvalue weighted by molar-refractivity contribution is 0.0682. The molecule has 1 aliphatic rings. The Morgan fingerprint density at radius 2 is 1.88 bits per heavy atom. The molecule has 1 aromatic heterocycles. The fourth-order valence-electron chi connectivity index (χ4n) is 3.08. The van der Waals surface area contributed by atoms with E-state index in [4.69, 9.17) is 0 Å². The van der Waals surface area contributed by atoms with Gasteiger partial charge in [0.15, 0.2) is 0 Å². The fourth-order valence-corrected chi connectivity index (χ4v) is 3.08. The van der Waals surface area contributed by atoms with Crippen LogP contribution in [-0.2, 0) is 0 Å². The Bertz CT molecular complexity index is 771. The predicted octanol–water partition coefficient (Wildman–Crippen LogP) is 3.51. The van der Waals surface area contributed by atoms with Gasteiger partial charge < -0.3 is 10.2 Å². The zero-order valence-electron chi connectivity index (χ0n) is 14.7. The zero-order valence-corrected chi connectivity index (χ0v) is 14.7. The van der Waals surface area contributed by atoms with Crippen LogP contribution in [0, 0.1) is 12.8 Å². The van der Waals surface area contributed by atoms with Crippen LogP contribution in [0.2, 0.25) is 0 Å². The zero-order chi connectivity index (χ0) is 17.8. The predicted molar refractivity (Wildman–Crippen MR) is 97.7 cm³/mol. The first-order chi connectivity index (χ1) is 12.0. The van der Waals surface area contributed by atoms with E-state index in [0.717, 1.165) is 37.2 Å². The van der Waals surface area contributed by atoms with Crippen LogP contribution < -0.4 is 5.32 Å². The first-order valence-corrected chi connectivity index (χ1v) is 8.65. The molecule has 0 spiro atoms. The second-order valence-corrected chi connectivity index (χ2v) is 6.78. The van der Waals surface area contributed by atoms with Crippen molar-refractivity contribution in [3.05, 3.63) is 59.4 Å². The van der Waals surface area contributed by atoms with Crippen molar-refractivity contribution >= 4 is 17.5 Å². The number of nitrogens with one attached hydrogen (secondary N) is 1. The molecule has 3 rings (SSSR count). The smallest absolute Gasteiger partial charge is 0.257 e. The highest BCUT2D eigenvalue weighted by molar-refractivity contribution is 6.05. The number of carbonyl (C=O) groups excluding carboxylic acids is 2. The number of likely N-dealkylation sites (tertiary alicyclic amines) is 1. The number of hydrogen-bond acceptors (Lipinski definition) is 3. The maximum Gasteiger partial charge on any atom is 0.257 e. The molecule has 1 fully saturated rings. The van der Waals surface area contributed by atoms with Crippen molar-refractivity contribution in [2.45, 2.75) is 26.7 Å². The summed E-state index contributed by atoms with van der Waals surface area (Å²) in [7, 11) is 0. The molecule has 25 heavy (non-hydrogen) atoms. The summed E-state index contributed by atoms with van der Waals surface area (Å²) in [5, 5.41) is 2.83. The highest BCUT2D eigenvalue weighted by atomic mass is 16.2. The molecular weight excluding hydrogens is 314 g/mol. The first kappa shape index (κ1) is 17.1. The summed E-state index contributed by atoms with van der Waals surface area (Å²) >= 11 is 0. The molecule has 130 valence electrons. The molecule has 1 N–H and O–H groups in total. The molecular formula is C20H23N3O2. The summed E-state index contributed by atoms with van der Waals surface area (Å²) in [6.45, 7) is 5.68. The van der Waals surface area contributed by atoms with E-state index in [1.807, 2.05) is 36.1 Å². The van der Waals surface area contributed by atoms with Gasteiger partial charge in [-0.1, -0.05) is 24.6 Å². The molecule has 0 bridgehead atoms. The number of hydrogen-bond donors (Lipinski definition) is 1. The van der Waals surface area contributed by atoms with Crippen LogP contribution in [0.15, 0.2) is 42.7 Å². The fraction of sp³-hybridized carbons (Fsp3) is 0.350. The second-order valence-electron chi connectivity index (χ2n) is 6.78. The minimum absolute atomic E-state index is 0.0518. The van der Waals surface area contributed by atoms with Crippen LogP contribution in [0.1, 0.15) is 46.0 Å². The number of benzene rings is 1. The highest BCUT2D eigenvalue weighted by Gasteiger charge is 2.23. The van der Waals surface area contributed by atoms with Gasteiger partial charge in [0.1, 0.15) is 0 Å². The number of aryl methyl sites for hydroxylation is 1. The van der Waals surface area contributed by atoms with Gasteiger partial charge in [0.2, 0.25) is 0 Å². The maximum absolute atomic E-state index is 12.7. The van der Waals surface area contributed by atoms with Gasteiger partial charge in [-0.15, -0.1) is 0 Å². The van der Waals surface area contributed by atoms with Crippen LogP contribution in [0.25, 0.3) is 0 Å². The largest absolute Gasteiger partial charge is 0.338 e. The number of pyridine rings is 1. The Kier molecular flexibility index (Phi) is 5.12. The standard InChI is InChI=1S/C20H23N3O2/c1-14-5-7-18(8-6-14)22-19(24)16-10-17(12-21-11-16)20(25)23-9-3-4-15(2)13-23/h5-8,10-12,15H,3-4,9,13H2,1-2H3,(H,22,24). The molecule has 0 aliphatic carbocycles. The Labute approximate surface area is 148 Å². The number of aromatic nitrogens is 1. The van der Waals surface area contributed by atoms with E-state index in [-0.39, 0.29) is 11.8 Å². The molecule has 1 atom stereocenters. The average Bonchev–Trinajstić information content (AvgIpc) is 2.63. The number of anilines is 1. The normalized spacial score (nSPS) is 17.2. The molecule has 1 saturated heterocycles. The summed E-state index contributed by atoms with van der Waals surface area (Å²) in [6, 6.07) is 9.20. The molecule has 1 unspecified atom stereocenters. The van der Waals surface area contributed by atoms with E-state index in [2.05, 4.69) is 17.2 Å². The Balaban J connectivity index is 1.73. The van der Waals surface area contributed by atoms with Gasteiger partial charge in [-0.25, -0.2) is 0 Å². The van der Waals surface area contributed by atoms with Crippen molar-refractivity contribution in [2.75, 3.05) is 18.4 Å². The lowest BCUT2D eigenvalue weighted by atomic mass is 9.99. The summed E-state index contributed by atoms with van der Waals surface area (Å²) in [5.41, 5.74) is 2.70. The van der Waals surface area contributed by atoms with Crippen molar-refractivity contribution in [1.29, 1.82) is 0 Å². The lowest BCUT2D eigenvalue weighted by Gasteiger charge is -2.30. The van der Waals surface area contributed by atoms with Crippen molar-refractivity contribution in [1.82, 2.24) is 9.88 Å². The van der Waals surface area contributed by atoms with Gasteiger partial charge in [-0.3, -0.25) is 14.6 Å². The molecule has 0 saturated carbocycles. The van der Waals surface area contributed by atoms with Crippen LogP contribution in [0.3, 0.4) is 0 Å². The van der Waals surface area contributed by atoms with Crippen molar-refractivity contribution in [3.63, 3.8) is 0 Å². The minimum Gasteiger partial charge on any atom is -0.338 e. The Hall–Kier alpha value is -2.69. The molecule has 2 aromatic rings. The van der Waals surface area contributed by atoms with Crippen molar-refractivity contribution in [3.8, 4) is 0 Å². The van der Waals surface area contributed by atoms with E-state index >= 15 is 0 Å². The van der Waals surface area contributed by atoms with Crippen LogP contribution >= 0.6 is 0 Å². The third-order valence-corrected chi connectivity index (χ3v) is 4.50. The van der Waals surface area contributed by atoms with Crippen molar-refractivity contribution in [2.24, 2.45) is 5.92 Å². The van der Waals surface area contributed by atoms with Gasteiger partial charge in [-0.05, 0) is 43.9 Å². The Morgan fingerprint density at radius 3 is 2.60 bits per heavy atom. The third-order valence-electron chi connectivity index (χ3n) is 4.50. The molecule has 2 heterocycles. The van der Waals surface area contributed by atoms with Crippen molar-refractivity contribution < 1.29 is 9.59 Å². The van der Waals surface area contributed by atoms with Gasteiger partial charge in [0, 0.05) is 31.2 Å². The van der Waals surface area contributed by atoms with Gasteiger partial charge in [0.25, 0.3) is 11.8 Å². The van der Waals surface area contributed by atoms with Crippen LogP contribution in [0.4, 0.5) is 5.69 Å². The highest BCUT2D eigenvalue weighted by Crippen LogP contribution is 2.18. The monoisotopic (exact) mass is 337 g/mol. The number of amides is 2. The van der Waals surface area contributed by atoms with E-state index in [9.17, 15) is 9.59 Å². The first-order valence-electron chi connectivity index (χ1n) is 8.65. The maximum atomic E-state index is 12.7. The lowest BCUT2D eigenvalue weighted by Crippen LogP contribution is -2.39. The summed E-state index contributed by atoms with van der Waals surface area (Å²) in [4.78, 5) is 31.0. The van der Waals surface area contributed by atoms with Gasteiger partial charge in [-0.2, -0.15) is 0 Å². The molecule has 2 amide bonds. The minimum atomic E-state index is -0.266. The van der Waals surface area contributed by atoms with Crippen LogP contribution in [-0.4, -0.2) is 34.8 Å². The molecule has 0 radical (unpaired) electrons. The van der Waals surface area contributed by atoms with Gasteiger partial charge >= 0.3 is 0 Å². The summed E-state index contributed by atoms with van der Waals surface area (Å²) in [6.07, 6.45) is 5.19. The molecule has 1 aliphatic heterocycles. The quantitative estimate of drug-likeness (QED) is 0.932. The van der Waals surface area contributed by atoms with E-state index in [1.54, 1.807) is 6.07 Å². The van der Waals surface area contributed by atoms with E-state index < -0.39 is 0 Å². The second kappa shape index (κ2) is 7.47. The average molecular weight is 337 g/mol. The number of nitrogens with zero attached hydrogens (tertiary/aromatic N) is 2. The molecule has 5 heteroatoms. The van der Waals surface area contributed by atoms with E-state index in [0.29, 0.717) is 17.0 Å². The SMILES string of the molecule is Cc1ccc(NC(=O)c2cncc(C(=O)N3CCCC(C)C3)c2)cc1. The summed E-state index contributed by atoms with van der Waals surface area (Å²) < 4.78 is 0. The number of rotatable bonds is 3. The third kappa shape index (κ3) is 4.24. The number of carbonyl (C=O) groups is 2. The molecule has 5 nitrogen and oxygen atoms in total.